The topological polar surface area (TPSA) is 51.5 Å². The van der Waals surface area contributed by atoms with Gasteiger partial charge in [0.05, 0.1) is 7.11 Å². The van der Waals surface area contributed by atoms with Crippen LogP contribution in [0.1, 0.15) is 35.8 Å². The van der Waals surface area contributed by atoms with Crippen LogP contribution in [-0.4, -0.2) is 19.6 Å². The van der Waals surface area contributed by atoms with E-state index in [4.69, 9.17) is 9.15 Å². The van der Waals surface area contributed by atoms with Crippen LogP contribution in [0.5, 0.6) is 5.75 Å². The van der Waals surface area contributed by atoms with Crippen molar-refractivity contribution in [2.45, 2.75) is 33.6 Å². The summed E-state index contributed by atoms with van der Waals surface area (Å²) in [6.45, 7) is 6.56. The lowest BCUT2D eigenvalue weighted by Crippen LogP contribution is -2.22. The van der Waals surface area contributed by atoms with Crippen LogP contribution in [0.25, 0.3) is 16.5 Å². The summed E-state index contributed by atoms with van der Waals surface area (Å²) in [7, 11) is 1.63. The molecule has 0 unspecified atom stereocenters. The molecule has 0 radical (unpaired) electrons. The molecule has 146 valence electrons. The minimum Gasteiger partial charge on any atom is -0.496 e. The van der Waals surface area contributed by atoms with E-state index in [0.29, 0.717) is 12.3 Å². The highest BCUT2D eigenvalue weighted by atomic mass is 16.5. The lowest BCUT2D eigenvalue weighted by molar-refractivity contribution is -0.116. The number of furan rings is 1. The number of benzene rings is 2. The largest absolute Gasteiger partial charge is 0.496 e. The third-order valence-electron chi connectivity index (χ3n) is 5.05. The molecule has 0 aliphatic rings. The Morgan fingerprint density at radius 3 is 2.64 bits per heavy atom. The van der Waals surface area contributed by atoms with E-state index >= 15 is 0 Å². The summed E-state index contributed by atoms with van der Waals surface area (Å²) in [5.41, 5.74) is 4.95. The van der Waals surface area contributed by atoms with Crippen molar-refractivity contribution in [3.63, 3.8) is 0 Å². The molecule has 4 nitrogen and oxygen atoms in total. The van der Waals surface area contributed by atoms with E-state index in [2.05, 4.69) is 17.4 Å². The standard InChI is InChI=1S/C24H27NO3/c1-16(13-24(26)25-12-8-11-19-9-6-5-7-10-19)20-14-21-17(2)18(3)28-23(21)15-22(20)27-4/h5-7,9-10,13-15H,8,11-12H2,1-4H3,(H,25,26)/b16-13+. The van der Waals surface area contributed by atoms with E-state index < -0.39 is 0 Å². The third-order valence-corrected chi connectivity index (χ3v) is 5.05. The van der Waals surface area contributed by atoms with Gasteiger partial charge in [-0.05, 0) is 56.4 Å². The van der Waals surface area contributed by atoms with Crippen molar-refractivity contribution in [2.24, 2.45) is 0 Å². The van der Waals surface area contributed by atoms with Gasteiger partial charge in [-0.15, -0.1) is 0 Å². The highest BCUT2D eigenvalue weighted by Gasteiger charge is 2.14. The summed E-state index contributed by atoms with van der Waals surface area (Å²) in [5, 5.41) is 4.01. The quantitative estimate of drug-likeness (QED) is 0.454. The number of carbonyl (C=O) groups is 1. The lowest BCUT2D eigenvalue weighted by atomic mass is 10.0. The third kappa shape index (κ3) is 4.45. The minimum absolute atomic E-state index is 0.0900. The molecule has 2 aromatic carbocycles. The van der Waals surface area contributed by atoms with Gasteiger partial charge in [0.15, 0.2) is 0 Å². The Balaban J connectivity index is 1.68. The second-order valence-electron chi connectivity index (χ2n) is 7.04. The number of fused-ring (bicyclic) bond motifs is 1. The van der Waals surface area contributed by atoms with Crippen LogP contribution in [0, 0.1) is 13.8 Å². The van der Waals surface area contributed by atoms with Gasteiger partial charge in [0.25, 0.3) is 0 Å². The van der Waals surface area contributed by atoms with Crippen molar-refractivity contribution < 1.29 is 13.9 Å². The SMILES string of the molecule is COc1cc2oc(C)c(C)c2cc1/C(C)=C/C(=O)NCCCc1ccccc1. The molecule has 0 saturated carbocycles. The smallest absolute Gasteiger partial charge is 0.244 e. The van der Waals surface area contributed by atoms with Crippen LogP contribution in [-0.2, 0) is 11.2 Å². The van der Waals surface area contributed by atoms with Crippen LogP contribution in [0.4, 0.5) is 0 Å². The number of allylic oxidation sites excluding steroid dienone is 1. The molecular formula is C24H27NO3. The van der Waals surface area contributed by atoms with Crippen LogP contribution >= 0.6 is 0 Å². The lowest BCUT2D eigenvalue weighted by Gasteiger charge is -2.10. The van der Waals surface area contributed by atoms with Crippen LogP contribution < -0.4 is 10.1 Å². The van der Waals surface area contributed by atoms with Gasteiger partial charge in [-0.1, -0.05) is 30.3 Å². The van der Waals surface area contributed by atoms with E-state index in [-0.39, 0.29) is 5.91 Å². The van der Waals surface area contributed by atoms with Crippen molar-refractivity contribution >= 4 is 22.4 Å². The fraction of sp³-hybridized carbons (Fsp3) is 0.292. The molecule has 28 heavy (non-hydrogen) atoms. The molecule has 3 rings (SSSR count). The number of nitrogens with one attached hydrogen (secondary N) is 1. The van der Waals surface area contributed by atoms with Crippen molar-refractivity contribution in [2.75, 3.05) is 13.7 Å². The van der Waals surface area contributed by atoms with Crippen molar-refractivity contribution in [1.29, 1.82) is 0 Å². The normalized spacial score (nSPS) is 11.6. The average Bonchev–Trinajstić information content (AvgIpc) is 2.98. The summed E-state index contributed by atoms with van der Waals surface area (Å²) in [6, 6.07) is 14.2. The van der Waals surface area contributed by atoms with Gasteiger partial charge in [-0.2, -0.15) is 0 Å². The van der Waals surface area contributed by atoms with Gasteiger partial charge in [-0.25, -0.2) is 0 Å². The molecule has 0 saturated heterocycles. The van der Waals surface area contributed by atoms with E-state index in [1.165, 1.54) is 5.56 Å². The minimum atomic E-state index is -0.0900. The number of methoxy groups -OCH3 is 1. The zero-order valence-corrected chi connectivity index (χ0v) is 17.0. The van der Waals surface area contributed by atoms with Gasteiger partial charge < -0.3 is 14.5 Å². The van der Waals surface area contributed by atoms with E-state index in [0.717, 1.165) is 46.3 Å². The molecule has 0 bridgehead atoms. The maximum absolute atomic E-state index is 12.3. The van der Waals surface area contributed by atoms with Crippen LogP contribution in [0.3, 0.4) is 0 Å². The number of hydrogen-bond donors (Lipinski definition) is 1. The molecule has 1 aromatic heterocycles. The average molecular weight is 377 g/mol. The van der Waals surface area contributed by atoms with Gasteiger partial charge in [0, 0.05) is 29.6 Å². The van der Waals surface area contributed by atoms with Gasteiger partial charge >= 0.3 is 0 Å². The van der Waals surface area contributed by atoms with Crippen molar-refractivity contribution in [3.8, 4) is 5.75 Å². The Bertz CT molecular complexity index is 1000. The molecule has 0 fully saturated rings. The zero-order chi connectivity index (χ0) is 20.1. The first-order valence-electron chi connectivity index (χ1n) is 9.57. The van der Waals surface area contributed by atoms with E-state index in [9.17, 15) is 4.79 Å². The van der Waals surface area contributed by atoms with Gasteiger partial charge in [0.1, 0.15) is 17.1 Å². The number of ether oxygens (including phenoxy) is 1. The zero-order valence-electron chi connectivity index (χ0n) is 17.0. The molecule has 0 atom stereocenters. The number of hydrogen-bond acceptors (Lipinski definition) is 3. The Kier molecular flexibility index (Phi) is 6.19. The summed E-state index contributed by atoms with van der Waals surface area (Å²) in [6.07, 6.45) is 3.49. The van der Waals surface area contributed by atoms with Crippen molar-refractivity contribution in [1.82, 2.24) is 5.32 Å². The molecule has 4 heteroatoms. The predicted octanol–water partition coefficient (Wildman–Crippen LogP) is 5.21. The summed E-state index contributed by atoms with van der Waals surface area (Å²) < 4.78 is 11.3. The number of carbonyl (C=O) groups excluding carboxylic acids is 1. The Hall–Kier alpha value is -3.01. The summed E-state index contributed by atoms with van der Waals surface area (Å²) in [4.78, 5) is 12.3. The monoisotopic (exact) mass is 377 g/mol. The number of rotatable bonds is 7. The summed E-state index contributed by atoms with van der Waals surface area (Å²) >= 11 is 0. The molecule has 1 amide bonds. The fourth-order valence-corrected chi connectivity index (χ4v) is 3.32. The van der Waals surface area contributed by atoms with Gasteiger partial charge in [0.2, 0.25) is 5.91 Å². The molecular weight excluding hydrogens is 350 g/mol. The Morgan fingerprint density at radius 2 is 1.93 bits per heavy atom. The first-order chi connectivity index (χ1) is 13.5. The van der Waals surface area contributed by atoms with E-state index in [1.54, 1.807) is 13.2 Å². The fourth-order valence-electron chi connectivity index (χ4n) is 3.32. The molecule has 0 aliphatic carbocycles. The highest BCUT2D eigenvalue weighted by molar-refractivity contribution is 5.97. The molecule has 1 N–H and O–H groups in total. The second kappa shape index (κ2) is 8.79. The first-order valence-corrected chi connectivity index (χ1v) is 9.57. The maximum Gasteiger partial charge on any atom is 0.244 e. The second-order valence-corrected chi connectivity index (χ2v) is 7.04. The molecule has 0 spiro atoms. The molecule has 0 aliphatic heterocycles. The van der Waals surface area contributed by atoms with Gasteiger partial charge in [-0.3, -0.25) is 4.79 Å². The molecule has 1 heterocycles. The Morgan fingerprint density at radius 1 is 1.18 bits per heavy atom. The number of amides is 1. The predicted molar refractivity (Wildman–Crippen MR) is 114 cm³/mol. The first kappa shape index (κ1) is 19.7. The maximum atomic E-state index is 12.3. The van der Waals surface area contributed by atoms with E-state index in [1.807, 2.05) is 51.1 Å². The highest BCUT2D eigenvalue weighted by Crippen LogP contribution is 2.34. The number of aryl methyl sites for hydroxylation is 3. The van der Waals surface area contributed by atoms with Crippen LogP contribution in [0.15, 0.2) is 53.0 Å². The molecule has 3 aromatic rings. The van der Waals surface area contributed by atoms with Crippen LogP contribution in [0.2, 0.25) is 0 Å². The summed E-state index contributed by atoms with van der Waals surface area (Å²) in [5.74, 6) is 1.51. The Labute approximate surface area is 166 Å². The van der Waals surface area contributed by atoms with Crippen molar-refractivity contribution in [3.05, 3.63) is 71.0 Å².